The molecule has 0 amide bonds. The van der Waals surface area contributed by atoms with Crippen LogP contribution in [0.15, 0.2) is 59.5 Å². The van der Waals surface area contributed by atoms with Crippen LogP contribution in [0, 0.1) is 6.92 Å². The second-order valence-electron chi connectivity index (χ2n) is 6.42. The van der Waals surface area contributed by atoms with Gasteiger partial charge in [-0.05, 0) is 31.5 Å². The van der Waals surface area contributed by atoms with Gasteiger partial charge in [-0.15, -0.1) is 0 Å². The van der Waals surface area contributed by atoms with Crippen LogP contribution in [0.25, 0.3) is 0 Å². The molecular weight excluding hydrogens is 322 g/mol. The smallest absolute Gasteiger partial charge is 0.183 e. The van der Waals surface area contributed by atoms with Crippen molar-refractivity contribution >= 4 is 9.84 Å². The van der Waals surface area contributed by atoms with Crippen LogP contribution in [-0.2, 0) is 14.6 Å². The summed E-state index contributed by atoms with van der Waals surface area (Å²) in [4.78, 5) is 0.316. The standard InChI is InChI=1S/C19H23NO3S/c1-3-23-13-19(20)17(15-11-9-14(2)10-12-15)18(19)24(21,22)16-7-5-4-6-8-16/h4-12,17-18H,3,13,20H2,1-2H3/t17-,18-,19+/m1/s1. The Bertz CT molecular complexity index is 802. The molecule has 0 radical (unpaired) electrons. The Hall–Kier alpha value is -1.69. The van der Waals surface area contributed by atoms with Gasteiger partial charge in [0.15, 0.2) is 9.84 Å². The van der Waals surface area contributed by atoms with Crippen LogP contribution < -0.4 is 5.73 Å². The van der Waals surface area contributed by atoms with Gasteiger partial charge in [0.05, 0.1) is 22.3 Å². The van der Waals surface area contributed by atoms with Crippen molar-refractivity contribution < 1.29 is 13.2 Å². The average molecular weight is 345 g/mol. The third kappa shape index (κ3) is 2.88. The lowest BCUT2D eigenvalue weighted by Crippen LogP contribution is -2.36. The fraction of sp³-hybridized carbons (Fsp3) is 0.368. The summed E-state index contributed by atoms with van der Waals surface area (Å²) in [5.41, 5.74) is 7.71. The van der Waals surface area contributed by atoms with E-state index in [0.717, 1.165) is 11.1 Å². The summed E-state index contributed by atoms with van der Waals surface area (Å²) in [5, 5.41) is -0.665. The van der Waals surface area contributed by atoms with E-state index in [2.05, 4.69) is 0 Å². The lowest BCUT2D eigenvalue weighted by Gasteiger charge is -2.12. The number of nitrogens with two attached hydrogens (primary N) is 1. The summed E-state index contributed by atoms with van der Waals surface area (Å²) >= 11 is 0. The van der Waals surface area contributed by atoms with E-state index in [4.69, 9.17) is 10.5 Å². The monoisotopic (exact) mass is 345 g/mol. The maximum absolute atomic E-state index is 13.1. The average Bonchev–Trinajstić information content (AvgIpc) is 3.21. The predicted octanol–water partition coefficient (Wildman–Crippen LogP) is 2.67. The van der Waals surface area contributed by atoms with Crippen LogP contribution >= 0.6 is 0 Å². The zero-order valence-corrected chi connectivity index (χ0v) is 14.8. The van der Waals surface area contributed by atoms with Crippen LogP contribution in [0.3, 0.4) is 0 Å². The van der Waals surface area contributed by atoms with Crippen molar-refractivity contribution in [2.45, 2.75) is 35.4 Å². The molecule has 1 aliphatic carbocycles. The highest BCUT2D eigenvalue weighted by molar-refractivity contribution is 7.92. The summed E-state index contributed by atoms with van der Waals surface area (Å²) < 4.78 is 31.7. The Labute approximate surface area is 143 Å². The van der Waals surface area contributed by atoms with E-state index < -0.39 is 20.6 Å². The van der Waals surface area contributed by atoms with E-state index >= 15 is 0 Å². The first-order valence-corrected chi connectivity index (χ1v) is 9.68. The second kappa shape index (κ2) is 6.31. The number of benzene rings is 2. The first-order valence-electron chi connectivity index (χ1n) is 8.13. The molecule has 2 aromatic rings. The Balaban J connectivity index is 1.99. The molecule has 24 heavy (non-hydrogen) atoms. The molecule has 3 atom stereocenters. The van der Waals surface area contributed by atoms with Crippen molar-refractivity contribution in [2.75, 3.05) is 13.2 Å². The summed E-state index contributed by atoms with van der Waals surface area (Å²) in [7, 11) is -3.52. The minimum atomic E-state index is -3.52. The first-order chi connectivity index (χ1) is 11.4. The summed E-state index contributed by atoms with van der Waals surface area (Å²) in [6.45, 7) is 4.63. The van der Waals surface area contributed by atoms with Gasteiger partial charge < -0.3 is 10.5 Å². The molecule has 1 aliphatic rings. The zero-order chi connectivity index (χ0) is 17.4. The van der Waals surface area contributed by atoms with E-state index in [9.17, 15) is 8.42 Å². The maximum Gasteiger partial charge on any atom is 0.183 e. The highest BCUT2D eigenvalue weighted by Crippen LogP contribution is 2.55. The molecule has 128 valence electrons. The molecule has 0 heterocycles. The molecule has 0 unspecified atom stereocenters. The molecule has 2 aromatic carbocycles. The van der Waals surface area contributed by atoms with E-state index in [1.165, 1.54) is 0 Å². The molecular formula is C19H23NO3S. The maximum atomic E-state index is 13.1. The molecule has 0 aromatic heterocycles. The van der Waals surface area contributed by atoms with Crippen molar-refractivity contribution in [2.24, 2.45) is 5.73 Å². The normalized spacial score (nSPS) is 26.3. The van der Waals surface area contributed by atoms with Crippen molar-refractivity contribution in [3.8, 4) is 0 Å². The minimum Gasteiger partial charge on any atom is -0.380 e. The van der Waals surface area contributed by atoms with Crippen LogP contribution in [-0.4, -0.2) is 32.4 Å². The lowest BCUT2D eigenvalue weighted by atomic mass is 10.1. The van der Waals surface area contributed by atoms with Crippen molar-refractivity contribution in [3.05, 3.63) is 65.7 Å². The quantitative estimate of drug-likeness (QED) is 0.874. The van der Waals surface area contributed by atoms with Crippen molar-refractivity contribution in [1.29, 1.82) is 0 Å². The van der Waals surface area contributed by atoms with Gasteiger partial charge in [-0.1, -0.05) is 48.0 Å². The topological polar surface area (TPSA) is 69.4 Å². The largest absolute Gasteiger partial charge is 0.380 e. The lowest BCUT2D eigenvalue weighted by molar-refractivity contribution is 0.125. The number of sulfone groups is 1. The van der Waals surface area contributed by atoms with Gasteiger partial charge in [0, 0.05) is 12.5 Å². The fourth-order valence-electron chi connectivity index (χ4n) is 3.36. The summed E-state index contributed by atoms with van der Waals surface area (Å²) in [5.74, 6) is -0.255. The van der Waals surface area contributed by atoms with Crippen molar-refractivity contribution in [1.82, 2.24) is 0 Å². The number of hydrogen-bond donors (Lipinski definition) is 1. The van der Waals surface area contributed by atoms with E-state index in [1.54, 1.807) is 30.3 Å². The third-order valence-electron chi connectivity index (χ3n) is 4.70. The molecule has 0 bridgehead atoms. The molecule has 2 N–H and O–H groups in total. The van der Waals surface area contributed by atoms with Crippen LogP contribution in [0.2, 0.25) is 0 Å². The molecule has 1 fully saturated rings. The number of aryl methyl sites for hydroxylation is 1. The highest BCUT2D eigenvalue weighted by Gasteiger charge is 2.69. The first kappa shape index (κ1) is 17.1. The minimum absolute atomic E-state index is 0.235. The van der Waals surface area contributed by atoms with E-state index in [0.29, 0.717) is 11.5 Å². The van der Waals surface area contributed by atoms with Gasteiger partial charge >= 0.3 is 0 Å². The number of hydrogen-bond acceptors (Lipinski definition) is 4. The number of ether oxygens (including phenoxy) is 1. The van der Waals surface area contributed by atoms with Gasteiger partial charge in [-0.25, -0.2) is 8.42 Å². The highest BCUT2D eigenvalue weighted by atomic mass is 32.2. The predicted molar refractivity (Wildman–Crippen MR) is 94.7 cm³/mol. The van der Waals surface area contributed by atoms with Crippen LogP contribution in [0.5, 0.6) is 0 Å². The third-order valence-corrected chi connectivity index (χ3v) is 7.01. The van der Waals surface area contributed by atoms with Crippen LogP contribution in [0.4, 0.5) is 0 Å². The molecule has 1 saturated carbocycles. The van der Waals surface area contributed by atoms with Gasteiger partial charge in [-0.2, -0.15) is 0 Å². The molecule has 3 rings (SSSR count). The van der Waals surface area contributed by atoms with Crippen molar-refractivity contribution in [3.63, 3.8) is 0 Å². The fourth-order valence-corrected chi connectivity index (χ4v) is 5.67. The Morgan fingerprint density at radius 2 is 1.71 bits per heavy atom. The van der Waals surface area contributed by atoms with E-state index in [1.807, 2.05) is 38.1 Å². The van der Waals surface area contributed by atoms with Gasteiger partial charge in [0.1, 0.15) is 0 Å². The Morgan fingerprint density at radius 1 is 1.08 bits per heavy atom. The molecule has 5 heteroatoms. The molecule has 0 aliphatic heterocycles. The molecule has 0 spiro atoms. The van der Waals surface area contributed by atoms with E-state index in [-0.39, 0.29) is 12.5 Å². The van der Waals surface area contributed by atoms with Gasteiger partial charge in [0.2, 0.25) is 0 Å². The summed E-state index contributed by atoms with van der Waals surface area (Å²) in [6, 6.07) is 16.4. The van der Waals surface area contributed by atoms with Crippen LogP contribution in [0.1, 0.15) is 24.0 Å². The second-order valence-corrected chi connectivity index (χ2v) is 8.49. The van der Waals surface area contributed by atoms with Gasteiger partial charge in [0.25, 0.3) is 0 Å². The Kier molecular flexibility index (Phi) is 4.51. The molecule has 4 nitrogen and oxygen atoms in total. The summed E-state index contributed by atoms with van der Waals surface area (Å²) in [6.07, 6.45) is 0. The molecule has 0 saturated heterocycles. The Morgan fingerprint density at radius 3 is 2.29 bits per heavy atom. The van der Waals surface area contributed by atoms with Gasteiger partial charge in [-0.3, -0.25) is 0 Å². The zero-order valence-electron chi connectivity index (χ0n) is 14.0. The number of rotatable bonds is 6. The SMILES string of the molecule is CCOC[C@]1(N)[C@H](c2ccc(C)cc2)[C@H]1S(=O)(=O)c1ccccc1.